The van der Waals surface area contributed by atoms with Crippen molar-refractivity contribution in [3.8, 4) is 0 Å². The molecule has 0 aromatic heterocycles. The van der Waals surface area contributed by atoms with Gasteiger partial charge in [0.15, 0.2) is 0 Å². The van der Waals surface area contributed by atoms with Gasteiger partial charge in [-0.2, -0.15) is 0 Å². The van der Waals surface area contributed by atoms with Crippen LogP contribution in [0.1, 0.15) is 27.7 Å². The van der Waals surface area contributed by atoms with E-state index in [1.54, 1.807) is 0 Å². The third-order valence-electron chi connectivity index (χ3n) is 1.32. The molecule has 0 saturated carbocycles. The minimum atomic E-state index is -0.0248. The van der Waals surface area contributed by atoms with E-state index in [2.05, 4.69) is 9.99 Å². The van der Waals surface area contributed by atoms with E-state index in [0.717, 1.165) is 5.71 Å². The smallest absolute Gasteiger partial charge is 0.322 e. The summed E-state index contributed by atoms with van der Waals surface area (Å²) in [6.07, 6.45) is 0. The molecule has 3 heteroatoms. The van der Waals surface area contributed by atoms with Crippen molar-refractivity contribution < 1.29 is 9.63 Å². The molecule has 58 valence electrons. The van der Waals surface area contributed by atoms with E-state index in [4.69, 9.17) is 0 Å². The standard InChI is InChI=1S/C7H13NO2/c1-6(7(2,3)4)8-10-5-9/h5H,1-4H3/b8-6+. The fourth-order valence-electron chi connectivity index (χ4n) is 0.238. The van der Waals surface area contributed by atoms with Gasteiger partial charge in [0.1, 0.15) is 0 Å². The lowest BCUT2D eigenvalue weighted by molar-refractivity contribution is -0.128. The summed E-state index contributed by atoms with van der Waals surface area (Å²) in [4.78, 5) is 13.9. The second kappa shape index (κ2) is 3.34. The molecule has 0 aromatic carbocycles. The second-order valence-electron chi connectivity index (χ2n) is 3.13. The molecule has 0 aliphatic carbocycles. The maximum Gasteiger partial charge on any atom is 0.323 e. The van der Waals surface area contributed by atoms with Crippen LogP contribution in [0.15, 0.2) is 5.16 Å². The van der Waals surface area contributed by atoms with Crippen LogP contribution in [-0.4, -0.2) is 12.2 Å². The predicted molar refractivity (Wildman–Crippen MR) is 39.7 cm³/mol. The number of rotatable bonds is 2. The molecule has 0 N–H and O–H groups in total. The number of carbonyl (C=O) groups excluding carboxylic acids is 1. The molecular formula is C7H13NO2. The van der Waals surface area contributed by atoms with Crippen molar-refractivity contribution in [2.24, 2.45) is 10.6 Å². The topological polar surface area (TPSA) is 38.7 Å². The number of oxime groups is 1. The molecule has 3 nitrogen and oxygen atoms in total. The highest BCUT2D eigenvalue weighted by atomic mass is 16.7. The van der Waals surface area contributed by atoms with Crippen LogP contribution in [0.2, 0.25) is 0 Å². The Morgan fingerprint density at radius 2 is 2.00 bits per heavy atom. The molecule has 10 heavy (non-hydrogen) atoms. The average molecular weight is 143 g/mol. The lowest BCUT2D eigenvalue weighted by atomic mass is 9.91. The van der Waals surface area contributed by atoms with E-state index in [0.29, 0.717) is 6.47 Å². The molecule has 0 saturated heterocycles. The molecule has 0 bridgehead atoms. The molecule has 0 aliphatic rings. The fourth-order valence-corrected chi connectivity index (χ4v) is 0.238. The largest absolute Gasteiger partial charge is 0.323 e. The molecule has 0 fully saturated rings. The maximum atomic E-state index is 9.71. The van der Waals surface area contributed by atoms with Gasteiger partial charge in [0, 0.05) is 5.41 Å². The third kappa shape index (κ3) is 3.22. The number of hydrogen-bond acceptors (Lipinski definition) is 3. The van der Waals surface area contributed by atoms with Crippen LogP contribution in [0.4, 0.5) is 0 Å². The summed E-state index contributed by atoms with van der Waals surface area (Å²) < 4.78 is 0. The van der Waals surface area contributed by atoms with E-state index in [1.165, 1.54) is 0 Å². The van der Waals surface area contributed by atoms with Crippen molar-refractivity contribution in [1.82, 2.24) is 0 Å². The quantitative estimate of drug-likeness (QED) is 0.255. The van der Waals surface area contributed by atoms with E-state index in [9.17, 15) is 4.79 Å². The van der Waals surface area contributed by atoms with Crippen molar-refractivity contribution in [3.63, 3.8) is 0 Å². The Bertz CT molecular complexity index is 144. The number of nitrogens with zero attached hydrogens (tertiary/aromatic N) is 1. The Kier molecular flexibility index (Phi) is 3.06. The van der Waals surface area contributed by atoms with E-state index < -0.39 is 0 Å². The van der Waals surface area contributed by atoms with Crippen LogP contribution in [0, 0.1) is 5.41 Å². The van der Waals surface area contributed by atoms with Crippen molar-refractivity contribution in [2.45, 2.75) is 27.7 Å². The highest BCUT2D eigenvalue weighted by molar-refractivity contribution is 5.86. The number of carbonyl (C=O) groups is 1. The molecule has 0 spiro atoms. The van der Waals surface area contributed by atoms with Crippen molar-refractivity contribution in [3.05, 3.63) is 0 Å². The molecular weight excluding hydrogens is 130 g/mol. The van der Waals surface area contributed by atoms with Gasteiger partial charge < -0.3 is 4.84 Å². The van der Waals surface area contributed by atoms with Gasteiger partial charge in [0.25, 0.3) is 0 Å². The molecule has 0 amide bonds. The summed E-state index contributed by atoms with van der Waals surface area (Å²) in [5.41, 5.74) is 0.780. The van der Waals surface area contributed by atoms with Gasteiger partial charge in [-0.15, -0.1) is 0 Å². The van der Waals surface area contributed by atoms with Crippen molar-refractivity contribution in [1.29, 1.82) is 0 Å². The predicted octanol–water partition coefficient (Wildman–Crippen LogP) is 1.58. The van der Waals surface area contributed by atoms with Crippen LogP contribution in [0.3, 0.4) is 0 Å². The van der Waals surface area contributed by atoms with Crippen LogP contribution >= 0.6 is 0 Å². The minimum absolute atomic E-state index is 0.0248. The molecule has 0 atom stereocenters. The summed E-state index contributed by atoms with van der Waals surface area (Å²) in [7, 11) is 0. The van der Waals surface area contributed by atoms with Gasteiger partial charge in [-0.05, 0) is 6.92 Å². The molecule has 0 unspecified atom stereocenters. The van der Waals surface area contributed by atoms with Gasteiger partial charge in [0.05, 0.1) is 5.71 Å². The summed E-state index contributed by atoms with van der Waals surface area (Å²) >= 11 is 0. The van der Waals surface area contributed by atoms with Gasteiger partial charge in [0.2, 0.25) is 0 Å². The molecule has 0 aromatic rings. The van der Waals surface area contributed by atoms with Gasteiger partial charge >= 0.3 is 6.47 Å². The highest BCUT2D eigenvalue weighted by Crippen LogP contribution is 2.15. The Hall–Kier alpha value is -0.860. The Morgan fingerprint density at radius 1 is 1.50 bits per heavy atom. The van der Waals surface area contributed by atoms with Gasteiger partial charge in [-0.25, -0.2) is 0 Å². The first-order valence-electron chi connectivity index (χ1n) is 3.13. The van der Waals surface area contributed by atoms with Crippen LogP contribution in [-0.2, 0) is 9.63 Å². The molecule has 0 radical (unpaired) electrons. The summed E-state index contributed by atoms with van der Waals surface area (Å²) in [5, 5.41) is 3.56. The second-order valence-corrected chi connectivity index (χ2v) is 3.13. The van der Waals surface area contributed by atoms with Crippen LogP contribution in [0.25, 0.3) is 0 Å². The van der Waals surface area contributed by atoms with E-state index in [-0.39, 0.29) is 5.41 Å². The zero-order chi connectivity index (χ0) is 8.20. The summed E-state index contributed by atoms with van der Waals surface area (Å²) in [6.45, 7) is 8.14. The molecule has 0 aliphatic heterocycles. The van der Waals surface area contributed by atoms with E-state index in [1.807, 2.05) is 27.7 Å². The normalized spacial score (nSPS) is 13.0. The van der Waals surface area contributed by atoms with Crippen molar-refractivity contribution >= 4 is 12.2 Å². The first-order valence-corrected chi connectivity index (χ1v) is 3.13. The maximum absolute atomic E-state index is 9.71. The fraction of sp³-hybridized carbons (Fsp3) is 0.714. The van der Waals surface area contributed by atoms with Gasteiger partial charge in [-0.3, -0.25) is 4.79 Å². The SMILES string of the molecule is C/C(=N\OC=O)C(C)(C)C. The zero-order valence-electron chi connectivity index (χ0n) is 6.84. The monoisotopic (exact) mass is 143 g/mol. The Morgan fingerprint density at radius 3 is 2.30 bits per heavy atom. The lowest BCUT2D eigenvalue weighted by Crippen LogP contribution is -2.16. The Labute approximate surface area is 61.1 Å². The molecule has 0 heterocycles. The highest BCUT2D eigenvalue weighted by Gasteiger charge is 2.14. The van der Waals surface area contributed by atoms with Crippen molar-refractivity contribution in [2.75, 3.05) is 0 Å². The third-order valence-corrected chi connectivity index (χ3v) is 1.32. The zero-order valence-corrected chi connectivity index (χ0v) is 6.84. The van der Waals surface area contributed by atoms with Crippen LogP contribution < -0.4 is 0 Å². The Balaban J connectivity index is 4.05. The van der Waals surface area contributed by atoms with Crippen LogP contribution in [0.5, 0.6) is 0 Å². The summed E-state index contributed by atoms with van der Waals surface area (Å²) in [5.74, 6) is 0. The first-order chi connectivity index (χ1) is 4.48. The lowest BCUT2D eigenvalue weighted by Gasteiger charge is -2.15. The van der Waals surface area contributed by atoms with E-state index >= 15 is 0 Å². The van der Waals surface area contributed by atoms with Gasteiger partial charge in [-0.1, -0.05) is 25.9 Å². The average Bonchev–Trinajstić information content (AvgIpc) is 1.80. The minimum Gasteiger partial charge on any atom is -0.322 e. The summed E-state index contributed by atoms with van der Waals surface area (Å²) in [6, 6.07) is 0. The molecule has 0 rings (SSSR count). The first kappa shape index (κ1) is 9.14. The number of hydrogen-bond donors (Lipinski definition) is 0.